The van der Waals surface area contributed by atoms with Gasteiger partial charge in [-0.1, -0.05) is 24.6 Å². The number of benzene rings is 1. The average Bonchev–Trinajstić information content (AvgIpc) is 2.76. The van der Waals surface area contributed by atoms with Crippen LogP contribution in [-0.2, 0) is 5.41 Å². The molecule has 0 radical (unpaired) electrons. The van der Waals surface area contributed by atoms with Gasteiger partial charge < -0.3 is 10.8 Å². The maximum atomic E-state index is 9.92. The smallest absolute Gasteiger partial charge is 0.119 e. The third-order valence-electron chi connectivity index (χ3n) is 4.30. The van der Waals surface area contributed by atoms with Crippen LogP contribution in [0.5, 0.6) is 5.75 Å². The number of rotatable bonds is 2. The highest BCUT2D eigenvalue weighted by Crippen LogP contribution is 2.60. The van der Waals surface area contributed by atoms with Gasteiger partial charge in [-0.2, -0.15) is 0 Å². The second-order valence-corrected chi connectivity index (χ2v) is 5.00. The highest BCUT2D eigenvalue weighted by Gasteiger charge is 2.60. The summed E-state index contributed by atoms with van der Waals surface area (Å²) < 4.78 is 0. The van der Waals surface area contributed by atoms with Crippen LogP contribution in [0.1, 0.15) is 31.2 Å². The van der Waals surface area contributed by atoms with Gasteiger partial charge >= 0.3 is 0 Å². The molecule has 0 aliphatic heterocycles. The van der Waals surface area contributed by atoms with Crippen molar-refractivity contribution in [2.45, 2.75) is 37.1 Å². The Bertz CT molecular complexity index is 386. The molecule has 15 heavy (non-hydrogen) atoms. The number of para-hydroxylation sites is 1. The van der Waals surface area contributed by atoms with Gasteiger partial charge in [0, 0.05) is 17.0 Å². The predicted octanol–water partition coefficient (Wildman–Crippen LogP) is 2.16. The average molecular weight is 203 g/mol. The molecule has 2 atom stereocenters. The maximum Gasteiger partial charge on any atom is 0.119 e. The summed E-state index contributed by atoms with van der Waals surface area (Å²) in [6.45, 7) is 0. The normalized spacial score (nSPS) is 34.9. The Balaban J connectivity index is 2.01. The molecule has 0 bridgehead atoms. The van der Waals surface area contributed by atoms with Crippen molar-refractivity contribution in [3.8, 4) is 5.75 Å². The number of phenols is 1. The van der Waals surface area contributed by atoms with Gasteiger partial charge in [0.2, 0.25) is 0 Å². The van der Waals surface area contributed by atoms with E-state index >= 15 is 0 Å². The number of nitrogens with two attached hydrogens (primary N) is 1. The lowest BCUT2D eigenvalue weighted by Crippen LogP contribution is -2.32. The molecule has 0 saturated heterocycles. The van der Waals surface area contributed by atoms with E-state index in [-0.39, 0.29) is 11.5 Å². The fraction of sp³-hybridized carbons (Fsp3) is 0.538. The first-order valence-corrected chi connectivity index (χ1v) is 5.79. The van der Waals surface area contributed by atoms with Crippen molar-refractivity contribution in [3.05, 3.63) is 29.8 Å². The fourth-order valence-corrected chi connectivity index (χ4v) is 3.09. The fourth-order valence-electron chi connectivity index (χ4n) is 3.09. The van der Waals surface area contributed by atoms with E-state index in [1.165, 1.54) is 19.3 Å². The van der Waals surface area contributed by atoms with Crippen molar-refractivity contribution in [2.75, 3.05) is 0 Å². The van der Waals surface area contributed by atoms with E-state index < -0.39 is 0 Å². The SMILES string of the molecule is NC1CC1(c1ccccc1O)C1CCC1. The first-order valence-electron chi connectivity index (χ1n) is 5.79. The molecular weight excluding hydrogens is 186 g/mol. The molecule has 3 N–H and O–H groups in total. The highest BCUT2D eigenvalue weighted by atomic mass is 16.3. The van der Waals surface area contributed by atoms with E-state index in [0.29, 0.717) is 11.7 Å². The molecule has 2 saturated carbocycles. The highest BCUT2D eigenvalue weighted by molar-refractivity contribution is 5.46. The van der Waals surface area contributed by atoms with Crippen LogP contribution >= 0.6 is 0 Å². The molecule has 0 aromatic heterocycles. The second-order valence-electron chi connectivity index (χ2n) is 5.00. The van der Waals surface area contributed by atoms with E-state index in [2.05, 4.69) is 0 Å². The van der Waals surface area contributed by atoms with Crippen LogP contribution < -0.4 is 5.73 Å². The lowest BCUT2D eigenvalue weighted by atomic mass is 9.70. The van der Waals surface area contributed by atoms with Crippen LogP contribution in [0.3, 0.4) is 0 Å². The first kappa shape index (κ1) is 9.22. The molecule has 0 spiro atoms. The van der Waals surface area contributed by atoms with E-state index in [1.54, 1.807) is 6.07 Å². The van der Waals surface area contributed by atoms with Crippen LogP contribution in [-0.4, -0.2) is 11.1 Å². The monoisotopic (exact) mass is 203 g/mol. The second kappa shape index (κ2) is 2.99. The minimum Gasteiger partial charge on any atom is -0.508 e. The van der Waals surface area contributed by atoms with Crippen LogP contribution in [0.15, 0.2) is 24.3 Å². The number of hydrogen-bond acceptors (Lipinski definition) is 2. The van der Waals surface area contributed by atoms with Gasteiger partial charge in [-0.3, -0.25) is 0 Å². The van der Waals surface area contributed by atoms with Crippen molar-refractivity contribution < 1.29 is 5.11 Å². The predicted molar refractivity (Wildman–Crippen MR) is 59.7 cm³/mol. The van der Waals surface area contributed by atoms with E-state index in [1.807, 2.05) is 18.2 Å². The topological polar surface area (TPSA) is 46.2 Å². The Morgan fingerprint density at radius 3 is 2.40 bits per heavy atom. The molecule has 0 heterocycles. The van der Waals surface area contributed by atoms with Crippen LogP contribution in [0, 0.1) is 5.92 Å². The molecule has 2 unspecified atom stereocenters. The van der Waals surface area contributed by atoms with E-state index in [4.69, 9.17) is 5.73 Å². The minimum atomic E-state index is 0.115. The van der Waals surface area contributed by atoms with Gasteiger partial charge in [0.25, 0.3) is 0 Å². The van der Waals surface area contributed by atoms with Crippen molar-refractivity contribution >= 4 is 0 Å². The molecule has 3 rings (SSSR count). The summed E-state index contributed by atoms with van der Waals surface area (Å²) in [5.74, 6) is 1.14. The standard InChI is InChI=1S/C13H17NO/c14-12-8-13(12,9-4-3-5-9)10-6-1-2-7-11(10)15/h1-2,6-7,9,12,15H,3-5,8,14H2. The molecule has 0 amide bonds. The lowest BCUT2D eigenvalue weighted by Gasteiger charge is -2.35. The summed E-state index contributed by atoms with van der Waals surface area (Å²) >= 11 is 0. The zero-order valence-corrected chi connectivity index (χ0v) is 8.82. The Hall–Kier alpha value is -1.02. The third kappa shape index (κ3) is 1.14. The van der Waals surface area contributed by atoms with Gasteiger partial charge in [-0.15, -0.1) is 0 Å². The lowest BCUT2D eigenvalue weighted by molar-refractivity contribution is 0.236. The Morgan fingerprint density at radius 1 is 1.27 bits per heavy atom. The van der Waals surface area contributed by atoms with E-state index in [0.717, 1.165) is 12.0 Å². The summed E-state index contributed by atoms with van der Waals surface area (Å²) in [5, 5.41) is 9.92. The molecule has 1 aromatic rings. The summed E-state index contributed by atoms with van der Waals surface area (Å²) in [5.41, 5.74) is 7.30. The molecule has 2 aliphatic rings. The molecule has 2 heteroatoms. The van der Waals surface area contributed by atoms with Crippen molar-refractivity contribution in [3.63, 3.8) is 0 Å². The van der Waals surface area contributed by atoms with Gasteiger partial charge in [0.15, 0.2) is 0 Å². The Kier molecular flexibility index (Phi) is 1.84. The molecule has 1 aromatic carbocycles. The molecule has 2 fully saturated rings. The number of aromatic hydroxyl groups is 1. The van der Waals surface area contributed by atoms with Crippen LogP contribution in [0.4, 0.5) is 0 Å². The zero-order chi connectivity index (χ0) is 10.5. The van der Waals surface area contributed by atoms with Crippen LogP contribution in [0.25, 0.3) is 0 Å². The maximum absolute atomic E-state index is 9.92. The van der Waals surface area contributed by atoms with Crippen molar-refractivity contribution in [1.29, 1.82) is 0 Å². The van der Waals surface area contributed by atoms with Gasteiger partial charge in [-0.25, -0.2) is 0 Å². The summed E-state index contributed by atoms with van der Waals surface area (Å²) in [4.78, 5) is 0. The number of phenolic OH excluding ortho intramolecular Hbond substituents is 1. The quantitative estimate of drug-likeness (QED) is 0.773. The van der Waals surface area contributed by atoms with Crippen molar-refractivity contribution in [2.24, 2.45) is 11.7 Å². The molecular formula is C13H17NO. The molecule has 2 nitrogen and oxygen atoms in total. The summed E-state index contributed by atoms with van der Waals surface area (Å²) in [6.07, 6.45) is 4.94. The minimum absolute atomic E-state index is 0.115. The van der Waals surface area contributed by atoms with Gasteiger partial charge in [-0.05, 0) is 31.2 Å². The molecule has 2 aliphatic carbocycles. The number of hydrogen-bond donors (Lipinski definition) is 2. The van der Waals surface area contributed by atoms with Gasteiger partial charge in [0.05, 0.1) is 0 Å². The largest absolute Gasteiger partial charge is 0.508 e. The summed E-state index contributed by atoms with van der Waals surface area (Å²) in [7, 11) is 0. The van der Waals surface area contributed by atoms with Crippen molar-refractivity contribution in [1.82, 2.24) is 0 Å². The zero-order valence-electron chi connectivity index (χ0n) is 8.82. The summed E-state index contributed by atoms with van der Waals surface area (Å²) in [6, 6.07) is 7.96. The molecule has 80 valence electrons. The first-order chi connectivity index (χ1) is 7.25. The van der Waals surface area contributed by atoms with Gasteiger partial charge in [0.1, 0.15) is 5.75 Å². The van der Waals surface area contributed by atoms with Crippen LogP contribution in [0.2, 0.25) is 0 Å². The third-order valence-corrected chi connectivity index (χ3v) is 4.30. The Morgan fingerprint density at radius 2 is 1.93 bits per heavy atom. The van der Waals surface area contributed by atoms with E-state index in [9.17, 15) is 5.11 Å². The Labute approximate surface area is 90.1 Å².